The van der Waals surface area contributed by atoms with Gasteiger partial charge < -0.3 is 16.2 Å². The molecule has 3 heterocycles. The molecule has 1 unspecified atom stereocenters. The van der Waals surface area contributed by atoms with E-state index in [1.807, 2.05) is 5.32 Å². The first-order valence-electron chi connectivity index (χ1n) is 12.0. The van der Waals surface area contributed by atoms with Crippen molar-refractivity contribution in [1.29, 1.82) is 0 Å². The summed E-state index contributed by atoms with van der Waals surface area (Å²) >= 11 is 0.873. The molecular formula is C25H24F4N8O4S. The highest BCUT2D eigenvalue weighted by atomic mass is 32.1. The van der Waals surface area contributed by atoms with Crippen LogP contribution in [0.5, 0.6) is 0 Å². The molecule has 1 aromatic carbocycles. The van der Waals surface area contributed by atoms with E-state index < -0.39 is 52.7 Å². The van der Waals surface area contributed by atoms with Crippen LogP contribution in [0.2, 0.25) is 0 Å². The summed E-state index contributed by atoms with van der Waals surface area (Å²) in [5.74, 6) is -2.98. The largest absolute Gasteiger partial charge is 0.478 e. The number of rotatable bonds is 8. The van der Waals surface area contributed by atoms with Crippen LogP contribution in [-0.4, -0.2) is 61.8 Å². The van der Waals surface area contributed by atoms with Crippen molar-refractivity contribution < 1.29 is 37.1 Å². The van der Waals surface area contributed by atoms with Crippen molar-refractivity contribution in [1.82, 2.24) is 24.6 Å². The molecule has 12 nitrogen and oxygen atoms in total. The third-order valence-electron chi connectivity index (χ3n) is 6.32. The highest BCUT2D eigenvalue weighted by Crippen LogP contribution is 2.37. The summed E-state index contributed by atoms with van der Waals surface area (Å²) in [6.07, 6.45) is -2.89. The van der Waals surface area contributed by atoms with Gasteiger partial charge in [-0.2, -0.15) is 18.3 Å². The van der Waals surface area contributed by atoms with Gasteiger partial charge in [0.05, 0.1) is 44.4 Å². The number of amides is 3. The van der Waals surface area contributed by atoms with Gasteiger partial charge in [-0.05, 0) is 52.2 Å². The molecule has 3 amide bonds. The zero-order valence-electron chi connectivity index (χ0n) is 22.4. The van der Waals surface area contributed by atoms with Crippen LogP contribution in [0.3, 0.4) is 0 Å². The summed E-state index contributed by atoms with van der Waals surface area (Å²) in [6.45, 7) is 3.24. The molecule has 0 aliphatic carbocycles. The molecule has 0 fully saturated rings. The number of pyridine rings is 1. The molecule has 17 heteroatoms. The zero-order chi connectivity index (χ0) is 31.1. The predicted molar refractivity (Wildman–Crippen MR) is 145 cm³/mol. The van der Waals surface area contributed by atoms with Gasteiger partial charge in [-0.25, -0.2) is 28.6 Å². The quantitative estimate of drug-likeness (QED) is 0.210. The van der Waals surface area contributed by atoms with Crippen molar-refractivity contribution in [3.8, 4) is 10.6 Å². The van der Waals surface area contributed by atoms with E-state index >= 15 is 0 Å². The molecule has 42 heavy (non-hydrogen) atoms. The zero-order valence-corrected chi connectivity index (χ0v) is 23.3. The fraction of sp³-hybridized carbons (Fsp3) is 0.280. The van der Waals surface area contributed by atoms with E-state index in [9.17, 15) is 37.1 Å². The average molecular weight is 609 g/mol. The van der Waals surface area contributed by atoms with E-state index in [0.29, 0.717) is 23.1 Å². The summed E-state index contributed by atoms with van der Waals surface area (Å²) in [7, 11) is 3.39. The summed E-state index contributed by atoms with van der Waals surface area (Å²) in [5, 5.41) is 18.7. The van der Waals surface area contributed by atoms with E-state index in [2.05, 4.69) is 20.4 Å². The Morgan fingerprint density at radius 3 is 2.40 bits per heavy atom. The molecule has 0 radical (unpaired) electrons. The number of benzene rings is 1. The Hall–Kier alpha value is -4.64. The van der Waals surface area contributed by atoms with Gasteiger partial charge in [-0.1, -0.05) is 11.3 Å². The number of fused-ring (bicyclic) bond motifs is 1. The van der Waals surface area contributed by atoms with Gasteiger partial charge in [-0.3, -0.25) is 15.0 Å². The molecule has 3 aromatic heterocycles. The minimum absolute atomic E-state index is 0.0387. The second kappa shape index (κ2) is 11.0. The van der Waals surface area contributed by atoms with Gasteiger partial charge in [0.25, 0.3) is 0 Å². The normalized spacial score (nSPS) is 12.9. The van der Waals surface area contributed by atoms with Gasteiger partial charge in [0.2, 0.25) is 5.91 Å². The maximum absolute atomic E-state index is 14.0. The Balaban J connectivity index is 1.68. The first-order chi connectivity index (χ1) is 19.5. The van der Waals surface area contributed by atoms with Crippen LogP contribution in [0.15, 0.2) is 36.7 Å². The Labute approximate surface area is 239 Å². The standard InChI is InChI=1S/C25H24F4N8O4S/c1-24(2,20(30)40)21(36(3)4)37-18-13(9-32-37)12(19(38)39)8-16(33-18)17-10-31-23(42-17)35-22(41)34-15-7-11(25(27,28)29)5-6-14(15)26/h5-10,21H,1-4H3,(H2,30,40)(H,38,39)(H2,31,34,35,41). The molecule has 5 N–H and O–H groups in total. The number of thiazole rings is 1. The second-order valence-electron chi connectivity index (χ2n) is 9.91. The average Bonchev–Trinajstić information content (AvgIpc) is 3.51. The number of urea groups is 1. The van der Waals surface area contributed by atoms with Crippen LogP contribution in [-0.2, 0) is 11.0 Å². The fourth-order valence-electron chi connectivity index (χ4n) is 4.30. The van der Waals surface area contributed by atoms with Gasteiger partial charge in [0.15, 0.2) is 10.8 Å². The molecule has 0 aliphatic heterocycles. The van der Waals surface area contributed by atoms with E-state index in [4.69, 9.17) is 5.73 Å². The predicted octanol–water partition coefficient (Wildman–Crippen LogP) is 4.63. The Morgan fingerprint density at radius 2 is 1.81 bits per heavy atom. The van der Waals surface area contributed by atoms with Crippen molar-refractivity contribution >= 4 is 51.1 Å². The number of nitrogens with one attached hydrogen (secondary N) is 2. The lowest BCUT2D eigenvalue weighted by Crippen LogP contribution is -2.46. The molecule has 0 saturated carbocycles. The monoisotopic (exact) mass is 608 g/mol. The topological polar surface area (TPSA) is 168 Å². The Kier molecular flexibility index (Phi) is 7.92. The number of aromatic nitrogens is 4. The number of aromatic carboxylic acids is 1. The highest BCUT2D eigenvalue weighted by molar-refractivity contribution is 7.19. The summed E-state index contributed by atoms with van der Waals surface area (Å²) in [6, 6.07) is 1.80. The number of carbonyl (C=O) groups excluding carboxylic acids is 2. The van der Waals surface area contributed by atoms with Crippen molar-refractivity contribution in [2.45, 2.75) is 26.2 Å². The number of carboxylic acids is 1. The van der Waals surface area contributed by atoms with Gasteiger partial charge in [0.1, 0.15) is 12.0 Å². The molecule has 4 aromatic rings. The maximum Gasteiger partial charge on any atom is 0.416 e. The lowest BCUT2D eigenvalue weighted by Gasteiger charge is -2.36. The first-order valence-corrected chi connectivity index (χ1v) is 12.8. The number of nitrogens with two attached hydrogens (primary N) is 1. The first kappa shape index (κ1) is 30.3. The van der Waals surface area contributed by atoms with E-state index in [-0.39, 0.29) is 27.4 Å². The Morgan fingerprint density at radius 1 is 1.12 bits per heavy atom. The number of alkyl halides is 3. The number of anilines is 2. The van der Waals surface area contributed by atoms with Gasteiger partial charge in [-0.15, -0.1) is 0 Å². The summed E-state index contributed by atoms with van der Waals surface area (Å²) in [4.78, 5) is 47.4. The lowest BCUT2D eigenvalue weighted by molar-refractivity contribution is -0.137. The van der Waals surface area contributed by atoms with Crippen LogP contribution >= 0.6 is 11.3 Å². The maximum atomic E-state index is 14.0. The van der Waals surface area contributed by atoms with Crippen LogP contribution in [0.4, 0.5) is 33.2 Å². The van der Waals surface area contributed by atoms with Gasteiger partial charge in [0, 0.05) is 6.20 Å². The third kappa shape index (κ3) is 5.87. The molecule has 0 spiro atoms. The molecule has 0 aliphatic rings. The summed E-state index contributed by atoms with van der Waals surface area (Å²) < 4.78 is 54.3. The van der Waals surface area contributed by atoms with Crippen molar-refractivity contribution in [3.05, 3.63) is 53.6 Å². The molecule has 222 valence electrons. The third-order valence-corrected chi connectivity index (χ3v) is 7.25. The van der Waals surface area contributed by atoms with Gasteiger partial charge >= 0.3 is 18.2 Å². The SMILES string of the molecule is CN(C)C(n1ncc2c(C(=O)O)cc(-c3cnc(NC(=O)Nc4cc(C(F)(F)F)ccc4F)s3)nc21)C(C)(C)C(N)=O. The minimum Gasteiger partial charge on any atom is -0.478 e. The summed E-state index contributed by atoms with van der Waals surface area (Å²) in [5.41, 5.74) is 2.78. The van der Waals surface area contributed by atoms with E-state index in [0.717, 1.165) is 11.3 Å². The molecular weight excluding hydrogens is 584 g/mol. The van der Waals surface area contributed by atoms with Crippen LogP contribution in [0.25, 0.3) is 21.6 Å². The minimum atomic E-state index is -4.74. The number of carboxylic acid groups (broad SMARTS) is 1. The van der Waals surface area contributed by atoms with Crippen LogP contribution in [0, 0.1) is 11.2 Å². The van der Waals surface area contributed by atoms with E-state index in [1.165, 1.54) is 23.1 Å². The molecule has 1 atom stereocenters. The molecule has 4 rings (SSSR count). The van der Waals surface area contributed by atoms with Crippen molar-refractivity contribution in [2.24, 2.45) is 11.1 Å². The van der Waals surface area contributed by atoms with Crippen molar-refractivity contribution in [3.63, 3.8) is 0 Å². The Bertz CT molecular complexity index is 1700. The highest BCUT2D eigenvalue weighted by Gasteiger charge is 2.40. The number of hydrogen-bond acceptors (Lipinski definition) is 8. The van der Waals surface area contributed by atoms with Crippen LogP contribution in [0.1, 0.15) is 35.9 Å². The second-order valence-corrected chi connectivity index (χ2v) is 10.9. The number of halogens is 4. The van der Waals surface area contributed by atoms with Crippen LogP contribution < -0.4 is 16.4 Å². The smallest absolute Gasteiger partial charge is 0.416 e. The van der Waals surface area contributed by atoms with E-state index in [1.54, 1.807) is 32.8 Å². The number of carbonyl (C=O) groups is 3. The fourth-order valence-corrected chi connectivity index (χ4v) is 5.07. The number of nitrogens with zero attached hydrogens (tertiary/aromatic N) is 5. The van der Waals surface area contributed by atoms with Crippen molar-refractivity contribution in [2.75, 3.05) is 24.7 Å². The molecule has 0 bridgehead atoms. The molecule has 0 saturated heterocycles. The number of primary amides is 1. The lowest BCUT2D eigenvalue weighted by atomic mass is 9.88. The number of hydrogen-bond donors (Lipinski definition) is 4.